The molecule has 1 saturated carbocycles. The van der Waals surface area contributed by atoms with Crippen molar-refractivity contribution in [1.82, 2.24) is 0 Å². The van der Waals surface area contributed by atoms with Crippen LogP contribution in [0.15, 0.2) is 0 Å². The van der Waals surface area contributed by atoms with E-state index < -0.39 is 5.97 Å². The van der Waals surface area contributed by atoms with Crippen LogP contribution in [0, 0.1) is 17.3 Å². The van der Waals surface area contributed by atoms with Crippen LogP contribution in [-0.2, 0) is 4.79 Å². The molecule has 0 aromatic rings. The van der Waals surface area contributed by atoms with Gasteiger partial charge in [0.2, 0.25) is 0 Å². The highest BCUT2D eigenvalue weighted by molar-refractivity contribution is 5.70. The van der Waals surface area contributed by atoms with Crippen LogP contribution in [0.2, 0.25) is 0 Å². The van der Waals surface area contributed by atoms with E-state index in [0.717, 1.165) is 25.7 Å². The van der Waals surface area contributed by atoms with Gasteiger partial charge in [0, 0.05) is 0 Å². The molecule has 94 valence electrons. The molecule has 2 heteroatoms. The van der Waals surface area contributed by atoms with Crippen LogP contribution in [0.4, 0.5) is 0 Å². The Labute approximate surface area is 99.4 Å². The summed E-state index contributed by atoms with van der Waals surface area (Å²) in [4.78, 5) is 11.2. The average molecular weight is 226 g/mol. The standard InChI is InChI=1S/C14H26O2/c1-4-5-6-7-11-10-14(2,3)9-8-12(11)13(15)16/h11-12H,4-10H2,1-3H3,(H,15,16). The smallest absolute Gasteiger partial charge is 0.306 e. The monoisotopic (exact) mass is 226 g/mol. The number of aliphatic carboxylic acids is 1. The molecule has 2 nitrogen and oxygen atoms in total. The van der Waals surface area contributed by atoms with E-state index in [2.05, 4.69) is 20.8 Å². The summed E-state index contributed by atoms with van der Waals surface area (Å²) >= 11 is 0. The highest BCUT2D eigenvalue weighted by Crippen LogP contribution is 2.43. The first-order chi connectivity index (χ1) is 7.46. The molecule has 2 atom stereocenters. The number of carboxylic acid groups (broad SMARTS) is 1. The lowest BCUT2D eigenvalue weighted by atomic mass is 9.66. The molecule has 0 spiro atoms. The third-order valence-corrected chi connectivity index (χ3v) is 4.01. The molecule has 0 heterocycles. The maximum Gasteiger partial charge on any atom is 0.306 e. The van der Waals surface area contributed by atoms with E-state index in [-0.39, 0.29) is 5.92 Å². The summed E-state index contributed by atoms with van der Waals surface area (Å²) in [5.41, 5.74) is 0.350. The van der Waals surface area contributed by atoms with Crippen molar-refractivity contribution in [1.29, 1.82) is 0 Å². The van der Waals surface area contributed by atoms with Crippen molar-refractivity contribution < 1.29 is 9.90 Å². The van der Waals surface area contributed by atoms with Crippen LogP contribution >= 0.6 is 0 Å². The van der Waals surface area contributed by atoms with Crippen LogP contribution in [0.5, 0.6) is 0 Å². The maximum absolute atomic E-state index is 11.2. The molecule has 0 saturated heterocycles. The highest BCUT2D eigenvalue weighted by atomic mass is 16.4. The molecule has 1 aliphatic carbocycles. The van der Waals surface area contributed by atoms with Gasteiger partial charge >= 0.3 is 5.97 Å². The summed E-state index contributed by atoms with van der Waals surface area (Å²) in [6.07, 6.45) is 7.79. The lowest BCUT2D eigenvalue weighted by molar-refractivity contribution is -0.146. The van der Waals surface area contributed by atoms with Gasteiger partial charge in [-0.25, -0.2) is 0 Å². The molecule has 2 unspecified atom stereocenters. The van der Waals surface area contributed by atoms with E-state index in [1.54, 1.807) is 0 Å². The minimum Gasteiger partial charge on any atom is -0.481 e. The minimum atomic E-state index is -0.572. The third kappa shape index (κ3) is 3.80. The van der Waals surface area contributed by atoms with Crippen molar-refractivity contribution in [2.75, 3.05) is 0 Å². The molecule has 1 N–H and O–H groups in total. The molecule has 0 radical (unpaired) electrons. The summed E-state index contributed by atoms with van der Waals surface area (Å²) in [6, 6.07) is 0. The normalized spacial score (nSPS) is 28.9. The summed E-state index contributed by atoms with van der Waals surface area (Å²) in [5.74, 6) is -0.241. The molecule has 0 bridgehead atoms. The van der Waals surface area contributed by atoms with Gasteiger partial charge in [-0.15, -0.1) is 0 Å². The zero-order valence-electron chi connectivity index (χ0n) is 11.0. The molecule has 16 heavy (non-hydrogen) atoms. The molecule has 0 aliphatic heterocycles. The van der Waals surface area contributed by atoms with Crippen molar-refractivity contribution in [2.24, 2.45) is 17.3 Å². The van der Waals surface area contributed by atoms with Gasteiger partial charge in [-0.05, 0) is 37.0 Å². The van der Waals surface area contributed by atoms with E-state index >= 15 is 0 Å². The van der Waals surface area contributed by atoms with Crippen molar-refractivity contribution in [3.8, 4) is 0 Å². The summed E-state index contributed by atoms with van der Waals surface area (Å²) in [6.45, 7) is 6.75. The summed E-state index contributed by atoms with van der Waals surface area (Å²) < 4.78 is 0. The van der Waals surface area contributed by atoms with Gasteiger partial charge in [-0.3, -0.25) is 4.79 Å². The van der Waals surface area contributed by atoms with Crippen LogP contribution in [0.1, 0.15) is 65.7 Å². The molecule has 0 aromatic carbocycles. The van der Waals surface area contributed by atoms with E-state index in [1.165, 1.54) is 19.3 Å². The fraction of sp³-hybridized carbons (Fsp3) is 0.929. The zero-order chi connectivity index (χ0) is 12.2. The Hall–Kier alpha value is -0.530. The van der Waals surface area contributed by atoms with Gasteiger partial charge in [0.15, 0.2) is 0 Å². The second kappa shape index (κ2) is 5.70. The predicted octanol–water partition coefficient (Wildman–Crippen LogP) is 4.09. The van der Waals surface area contributed by atoms with Gasteiger partial charge in [0.25, 0.3) is 0 Å². The highest BCUT2D eigenvalue weighted by Gasteiger charge is 2.37. The Morgan fingerprint density at radius 3 is 2.62 bits per heavy atom. The van der Waals surface area contributed by atoms with Gasteiger partial charge < -0.3 is 5.11 Å². The van der Waals surface area contributed by atoms with Gasteiger partial charge in [-0.2, -0.15) is 0 Å². The second-order valence-electron chi connectivity index (χ2n) is 6.11. The fourth-order valence-corrected chi connectivity index (χ4v) is 3.02. The largest absolute Gasteiger partial charge is 0.481 e. The first-order valence-corrected chi connectivity index (χ1v) is 6.69. The van der Waals surface area contributed by atoms with Crippen molar-refractivity contribution in [3.63, 3.8) is 0 Å². The van der Waals surface area contributed by atoms with Crippen molar-refractivity contribution in [2.45, 2.75) is 65.7 Å². The van der Waals surface area contributed by atoms with E-state index in [9.17, 15) is 9.90 Å². The minimum absolute atomic E-state index is 0.0788. The number of rotatable bonds is 5. The predicted molar refractivity (Wildman–Crippen MR) is 66.4 cm³/mol. The average Bonchev–Trinajstić information content (AvgIpc) is 2.16. The Kier molecular flexibility index (Phi) is 4.82. The lowest BCUT2D eigenvalue weighted by Gasteiger charge is -2.39. The number of hydrogen-bond acceptors (Lipinski definition) is 1. The molecule has 1 fully saturated rings. The SMILES string of the molecule is CCCCCC1CC(C)(C)CCC1C(=O)O. The Bertz CT molecular complexity index is 233. The van der Waals surface area contributed by atoms with Crippen molar-refractivity contribution >= 4 is 5.97 Å². The Balaban J connectivity index is 2.54. The zero-order valence-corrected chi connectivity index (χ0v) is 11.0. The lowest BCUT2D eigenvalue weighted by Crippen LogP contribution is -2.34. The number of unbranched alkanes of at least 4 members (excludes halogenated alkanes) is 2. The van der Waals surface area contributed by atoms with Crippen LogP contribution in [-0.4, -0.2) is 11.1 Å². The maximum atomic E-state index is 11.2. The number of hydrogen-bond donors (Lipinski definition) is 1. The van der Waals surface area contributed by atoms with Crippen molar-refractivity contribution in [3.05, 3.63) is 0 Å². The van der Waals surface area contributed by atoms with Gasteiger partial charge in [-0.1, -0.05) is 40.0 Å². The molecule has 0 amide bonds. The third-order valence-electron chi connectivity index (χ3n) is 4.01. The van der Waals surface area contributed by atoms with Crippen LogP contribution in [0.25, 0.3) is 0 Å². The number of carboxylic acids is 1. The first kappa shape index (κ1) is 13.5. The Morgan fingerprint density at radius 2 is 2.06 bits per heavy atom. The quantitative estimate of drug-likeness (QED) is 0.717. The van der Waals surface area contributed by atoms with E-state index in [0.29, 0.717) is 11.3 Å². The fourth-order valence-electron chi connectivity index (χ4n) is 3.02. The van der Waals surface area contributed by atoms with E-state index in [1.807, 2.05) is 0 Å². The molecule has 1 rings (SSSR count). The first-order valence-electron chi connectivity index (χ1n) is 6.69. The van der Waals surface area contributed by atoms with Crippen LogP contribution < -0.4 is 0 Å². The van der Waals surface area contributed by atoms with Crippen LogP contribution in [0.3, 0.4) is 0 Å². The second-order valence-corrected chi connectivity index (χ2v) is 6.11. The topological polar surface area (TPSA) is 37.3 Å². The molecule has 0 aromatic heterocycles. The van der Waals surface area contributed by atoms with Gasteiger partial charge in [0.1, 0.15) is 0 Å². The molecular weight excluding hydrogens is 200 g/mol. The van der Waals surface area contributed by atoms with E-state index in [4.69, 9.17) is 0 Å². The summed E-state index contributed by atoms with van der Waals surface area (Å²) in [5, 5.41) is 9.24. The Morgan fingerprint density at radius 1 is 1.38 bits per heavy atom. The number of carbonyl (C=O) groups is 1. The van der Waals surface area contributed by atoms with Gasteiger partial charge in [0.05, 0.1) is 5.92 Å². The molecular formula is C14H26O2. The summed E-state index contributed by atoms with van der Waals surface area (Å²) in [7, 11) is 0. The molecule has 1 aliphatic rings.